The molecule has 0 aromatic heterocycles. The van der Waals surface area contributed by atoms with Crippen LogP contribution < -0.4 is 14.8 Å². The molecule has 6 nitrogen and oxygen atoms in total. The normalized spacial score (nSPS) is 19.9. The van der Waals surface area contributed by atoms with Crippen molar-refractivity contribution in [2.24, 2.45) is 0 Å². The predicted molar refractivity (Wildman–Crippen MR) is 97.8 cm³/mol. The number of carbonyl (C=O) groups excluding carboxylic acids is 1. The molecule has 138 valence electrons. The molecule has 2 N–H and O–H groups in total. The summed E-state index contributed by atoms with van der Waals surface area (Å²) in [5.41, 5.74) is 0.484. The number of amides is 1. The number of rotatable bonds is 8. The van der Waals surface area contributed by atoms with Crippen molar-refractivity contribution in [2.75, 3.05) is 19.5 Å². The van der Waals surface area contributed by atoms with Crippen LogP contribution in [0.4, 0.5) is 0 Å². The van der Waals surface area contributed by atoms with E-state index in [0.29, 0.717) is 28.9 Å². The number of thioether (sulfide) groups is 1. The third-order valence-electron chi connectivity index (χ3n) is 4.15. The van der Waals surface area contributed by atoms with E-state index in [-0.39, 0.29) is 11.9 Å². The molecule has 7 heteroatoms. The summed E-state index contributed by atoms with van der Waals surface area (Å²) < 4.78 is 10.7. The zero-order valence-electron chi connectivity index (χ0n) is 14.6. The summed E-state index contributed by atoms with van der Waals surface area (Å²) in [5, 5.41) is 12.4. The smallest absolute Gasteiger partial charge is 0.341 e. The van der Waals surface area contributed by atoms with Crippen LogP contribution in [0.15, 0.2) is 18.2 Å². The van der Waals surface area contributed by atoms with Crippen LogP contribution in [0.25, 0.3) is 0 Å². The highest BCUT2D eigenvalue weighted by atomic mass is 32.2. The number of carbonyl (C=O) groups is 2. The van der Waals surface area contributed by atoms with E-state index in [2.05, 4.69) is 11.6 Å². The van der Waals surface area contributed by atoms with E-state index in [1.807, 2.05) is 18.7 Å². The molecule has 0 heterocycles. The molecule has 2 rings (SSSR count). The molecule has 0 spiro atoms. The molecule has 25 heavy (non-hydrogen) atoms. The lowest BCUT2D eigenvalue weighted by atomic mass is 9.94. The van der Waals surface area contributed by atoms with Crippen molar-refractivity contribution in [1.29, 1.82) is 0 Å². The van der Waals surface area contributed by atoms with E-state index in [9.17, 15) is 9.59 Å². The minimum absolute atomic E-state index is 0.141. The second-order valence-corrected chi connectivity index (χ2v) is 7.11. The van der Waals surface area contributed by atoms with E-state index in [1.165, 1.54) is 6.42 Å². The molecule has 2 atom stereocenters. The zero-order valence-corrected chi connectivity index (χ0v) is 15.4. The highest BCUT2D eigenvalue weighted by Crippen LogP contribution is 2.30. The minimum atomic E-state index is -1.06. The van der Waals surface area contributed by atoms with Gasteiger partial charge in [0.25, 0.3) is 5.91 Å². The second-order valence-electron chi connectivity index (χ2n) is 5.97. The lowest BCUT2D eigenvalue weighted by molar-refractivity contribution is -0.139. The summed E-state index contributed by atoms with van der Waals surface area (Å²) in [6.07, 6.45) is 6.44. The van der Waals surface area contributed by atoms with Crippen LogP contribution in [0.3, 0.4) is 0 Å². The maximum Gasteiger partial charge on any atom is 0.341 e. The summed E-state index contributed by atoms with van der Waals surface area (Å²) in [6, 6.07) is 5.00. The van der Waals surface area contributed by atoms with Crippen molar-refractivity contribution >= 4 is 23.6 Å². The quantitative estimate of drug-likeness (QED) is 0.735. The fourth-order valence-electron chi connectivity index (χ4n) is 2.94. The monoisotopic (exact) mass is 367 g/mol. The van der Waals surface area contributed by atoms with E-state index in [0.717, 1.165) is 19.3 Å². The first-order valence-corrected chi connectivity index (χ1v) is 9.77. The predicted octanol–water partition coefficient (Wildman–Crippen LogP) is 2.95. The fraction of sp³-hybridized carbons (Fsp3) is 0.556. The number of hydrogen-bond donors (Lipinski definition) is 2. The Balaban J connectivity index is 2.05. The molecule has 1 aliphatic carbocycles. The minimum Gasteiger partial charge on any atom is -0.490 e. The fourth-order valence-corrected chi connectivity index (χ4v) is 3.76. The van der Waals surface area contributed by atoms with Gasteiger partial charge >= 0.3 is 5.97 Å². The van der Waals surface area contributed by atoms with Gasteiger partial charge in [0.2, 0.25) is 0 Å². The van der Waals surface area contributed by atoms with Crippen molar-refractivity contribution < 1.29 is 24.2 Å². The van der Waals surface area contributed by atoms with Crippen LogP contribution in [0.2, 0.25) is 0 Å². The molecule has 1 amide bonds. The Hall–Kier alpha value is -1.89. The Bertz CT molecular complexity index is 607. The van der Waals surface area contributed by atoms with Gasteiger partial charge in [-0.15, -0.1) is 0 Å². The van der Waals surface area contributed by atoms with Crippen molar-refractivity contribution in [3.8, 4) is 11.5 Å². The van der Waals surface area contributed by atoms with Gasteiger partial charge in [0.05, 0.1) is 6.61 Å². The number of aliphatic carboxylic acids is 1. The van der Waals surface area contributed by atoms with Gasteiger partial charge in [0, 0.05) is 16.9 Å². The molecule has 1 aromatic carbocycles. The first-order valence-electron chi connectivity index (χ1n) is 8.48. The molecule has 0 saturated heterocycles. The van der Waals surface area contributed by atoms with Gasteiger partial charge in [-0.05, 0) is 50.6 Å². The molecule has 1 saturated carbocycles. The van der Waals surface area contributed by atoms with Crippen molar-refractivity contribution in [2.45, 2.75) is 43.9 Å². The van der Waals surface area contributed by atoms with Gasteiger partial charge in [-0.3, -0.25) is 4.79 Å². The standard InChI is InChI=1S/C18H25NO5S/c1-3-23-16-9-12(7-8-15(16)24-11-17(20)21)18(22)19-13-5-4-6-14(10-13)25-2/h7-9,13-14H,3-6,10-11H2,1-2H3,(H,19,22)(H,20,21)/t13-,14+/m1/s1. The van der Waals surface area contributed by atoms with E-state index >= 15 is 0 Å². The number of nitrogens with one attached hydrogen (secondary N) is 1. The number of benzene rings is 1. The van der Waals surface area contributed by atoms with Crippen LogP contribution in [0.1, 0.15) is 43.0 Å². The van der Waals surface area contributed by atoms with Gasteiger partial charge in [0.1, 0.15) is 0 Å². The molecule has 1 aromatic rings. The van der Waals surface area contributed by atoms with E-state index in [1.54, 1.807) is 18.2 Å². The molecule has 0 radical (unpaired) electrons. The number of carboxylic acids is 1. The molecular weight excluding hydrogens is 342 g/mol. The van der Waals surface area contributed by atoms with Gasteiger partial charge in [-0.25, -0.2) is 4.79 Å². The molecule has 0 aliphatic heterocycles. The number of ether oxygens (including phenoxy) is 2. The van der Waals surface area contributed by atoms with Gasteiger partial charge < -0.3 is 19.9 Å². The molecular formula is C18H25NO5S. The SMILES string of the molecule is CCOc1cc(C(=O)N[C@@H]2CCC[C@H](SC)C2)ccc1OCC(=O)O. The van der Waals surface area contributed by atoms with E-state index in [4.69, 9.17) is 14.6 Å². The highest BCUT2D eigenvalue weighted by molar-refractivity contribution is 7.99. The Morgan fingerprint density at radius 2 is 2.08 bits per heavy atom. The van der Waals surface area contributed by atoms with Crippen molar-refractivity contribution in [1.82, 2.24) is 5.32 Å². The number of carboxylic acid groups (broad SMARTS) is 1. The Kier molecular flexibility index (Phi) is 7.43. The van der Waals surface area contributed by atoms with Crippen molar-refractivity contribution in [3.05, 3.63) is 23.8 Å². The maximum atomic E-state index is 12.5. The Morgan fingerprint density at radius 1 is 1.28 bits per heavy atom. The lowest BCUT2D eigenvalue weighted by Crippen LogP contribution is -2.39. The van der Waals surface area contributed by atoms with Gasteiger partial charge in [0.15, 0.2) is 18.1 Å². The van der Waals surface area contributed by atoms with Crippen LogP contribution in [0, 0.1) is 0 Å². The van der Waals surface area contributed by atoms with Gasteiger partial charge in [-0.1, -0.05) is 6.42 Å². The second kappa shape index (κ2) is 9.56. The van der Waals surface area contributed by atoms with Crippen molar-refractivity contribution in [3.63, 3.8) is 0 Å². The zero-order chi connectivity index (χ0) is 18.2. The Labute approximate surface area is 152 Å². The molecule has 0 bridgehead atoms. The summed E-state index contributed by atoms with van der Waals surface area (Å²) >= 11 is 1.86. The first-order chi connectivity index (χ1) is 12.0. The average molecular weight is 367 g/mol. The highest BCUT2D eigenvalue weighted by Gasteiger charge is 2.23. The summed E-state index contributed by atoms with van der Waals surface area (Å²) in [4.78, 5) is 23.2. The largest absolute Gasteiger partial charge is 0.490 e. The van der Waals surface area contributed by atoms with Gasteiger partial charge in [-0.2, -0.15) is 11.8 Å². The Morgan fingerprint density at radius 3 is 2.76 bits per heavy atom. The van der Waals surface area contributed by atoms with Crippen LogP contribution in [-0.4, -0.2) is 47.7 Å². The first kappa shape index (κ1) is 19.4. The van der Waals surface area contributed by atoms with Crippen LogP contribution in [-0.2, 0) is 4.79 Å². The third kappa shape index (κ3) is 5.85. The summed E-state index contributed by atoms with van der Waals surface area (Å²) in [6.45, 7) is 1.76. The van der Waals surface area contributed by atoms with E-state index < -0.39 is 12.6 Å². The summed E-state index contributed by atoms with van der Waals surface area (Å²) in [5.74, 6) is -0.509. The lowest BCUT2D eigenvalue weighted by Gasteiger charge is -2.28. The summed E-state index contributed by atoms with van der Waals surface area (Å²) in [7, 11) is 0. The average Bonchev–Trinajstić information content (AvgIpc) is 2.60. The van der Waals surface area contributed by atoms with Crippen LogP contribution >= 0.6 is 11.8 Å². The third-order valence-corrected chi connectivity index (χ3v) is 5.25. The topological polar surface area (TPSA) is 84.9 Å². The molecule has 1 aliphatic rings. The maximum absolute atomic E-state index is 12.5. The number of hydrogen-bond acceptors (Lipinski definition) is 5. The van der Waals surface area contributed by atoms with Crippen LogP contribution in [0.5, 0.6) is 11.5 Å². The molecule has 1 fully saturated rings. The molecule has 0 unspecified atom stereocenters.